The SMILES string of the molecule is CNC(=O)CN(C)S(=O)(=O)c1cnn(C)c1. The summed E-state index contributed by atoms with van der Waals surface area (Å²) in [6, 6.07) is 0. The number of aromatic nitrogens is 2. The van der Waals surface area contributed by atoms with Crippen molar-refractivity contribution in [2.24, 2.45) is 7.05 Å². The average molecular weight is 246 g/mol. The fraction of sp³-hybridized carbons (Fsp3) is 0.500. The van der Waals surface area contributed by atoms with Crippen LogP contribution in [0.3, 0.4) is 0 Å². The van der Waals surface area contributed by atoms with Crippen LogP contribution in [-0.2, 0) is 21.9 Å². The van der Waals surface area contributed by atoms with Gasteiger partial charge >= 0.3 is 0 Å². The topological polar surface area (TPSA) is 84.3 Å². The smallest absolute Gasteiger partial charge is 0.246 e. The van der Waals surface area contributed by atoms with Gasteiger partial charge in [-0.25, -0.2) is 8.42 Å². The van der Waals surface area contributed by atoms with E-state index in [1.54, 1.807) is 7.05 Å². The van der Waals surface area contributed by atoms with Crippen molar-refractivity contribution in [2.75, 3.05) is 20.6 Å². The molecule has 1 amide bonds. The number of amides is 1. The minimum absolute atomic E-state index is 0.0707. The van der Waals surface area contributed by atoms with Gasteiger partial charge in [0.15, 0.2) is 0 Å². The Bertz CT molecular complexity index is 479. The molecule has 1 aromatic rings. The van der Waals surface area contributed by atoms with Crippen molar-refractivity contribution in [2.45, 2.75) is 4.90 Å². The van der Waals surface area contributed by atoms with Crippen LogP contribution >= 0.6 is 0 Å². The molecule has 0 aliphatic heterocycles. The van der Waals surface area contributed by atoms with Crippen LogP contribution in [0.25, 0.3) is 0 Å². The first kappa shape index (κ1) is 12.7. The number of hydrogen-bond donors (Lipinski definition) is 1. The van der Waals surface area contributed by atoms with E-state index < -0.39 is 10.0 Å². The highest BCUT2D eigenvalue weighted by Gasteiger charge is 2.23. The number of hydrogen-bond acceptors (Lipinski definition) is 4. The predicted octanol–water partition coefficient (Wildman–Crippen LogP) is -1.21. The Kier molecular flexibility index (Phi) is 3.66. The predicted molar refractivity (Wildman–Crippen MR) is 57.1 cm³/mol. The molecular weight excluding hydrogens is 232 g/mol. The molecule has 1 aromatic heterocycles. The monoisotopic (exact) mass is 246 g/mol. The third kappa shape index (κ3) is 2.58. The molecule has 0 spiro atoms. The molecule has 1 heterocycles. The van der Waals surface area contributed by atoms with Crippen LogP contribution in [0.5, 0.6) is 0 Å². The molecule has 90 valence electrons. The van der Waals surface area contributed by atoms with Gasteiger partial charge in [0.25, 0.3) is 0 Å². The third-order valence-corrected chi connectivity index (χ3v) is 3.79. The summed E-state index contributed by atoms with van der Waals surface area (Å²) in [5.74, 6) is -0.366. The highest BCUT2D eigenvalue weighted by molar-refractivity contribution is 7.89. The minimum Gasteiger partial charge on any atom is -0.358 e. The van der Waals surface area contributed by atoms with E-state index in [4.69, 9.17) is 0 Å². The number of aryl methyl sites for hydroxylation is 1. The molecule has 0 unspecified atom stereocenters. The van der Waals surface area contributed by atoms with E-state index in [1.807, 2.05) is 0 Å². The van der Waals surface area contributed by atoms with Gasteiger partial charge < -0.3 is 5.32 Å². The Morgan fingerprint density at radius 2 is 2.25 bits per heavy atom. The number of nitrogens with zero attached hydrogens (tertiary/aromatic N) is 3. The van der Waals surface area contributed by atoms with Crippen LogP contribution in [0.4, 0.5) is 0 Å². The van der Waals surface area contributed by atoms with E-state index in [0.29, 0.717) is 0 Å². The maximum Gasteiger partial charge on any atom is 0.246 e. The van der Waals surface area contributed by atoms with Gasteiger partial charge in [0, 0.05) is 27.3 Å². The summed E-state index contributed by atoms with van der Waals surface area (Å²) in [7, 11) is 0.785. The quantitative estimate of drug-likeness (QED) is 0.722. The fourth-order valence-corrected chi connectivity index (χ4v) is 2.19. The highest BCUT2D eigenvalue weighted by atomic mass is 32.2. The van der Waals surface area contributed by atoms with Gasteiger partial charge in [0.05, 0.1) is 12.7 Å². The van der Waals surface area contributed by atoms with Gasteiger partial charge in [-0.1, -0.05) is 0 Å². The number of sulfonamides is 1. The van der Waals surface area contributed by atoms with E-state index in [0.717, 1.165) is 4.31 Å². The van der Waals surface area contributed by atoms with Crippen LogP contribution in [0, 0.1) is 0 Å². The lowest BCUT2D eigenvalue weighted by Gasteiger charge is -2.14. The first-order chi connectivity index (χ1) is 7.37. The van der Waals surface area contributed by atoms with E-state index in [1.165, 1.54) is 31.2 Å². The van der Waals surface area contributed by atoms with Gasteiger partial charge in [-0.05, 0) is 0 Å². The lowest BCUT2D eigenvalue weighted by molar-refractivity contribution is -0.120. The van der Waals surface area contributed by atoms with Gasteiger partial charge in [-0.15, -0.1) is 0 Å². The lowest BCUT2D eigenvalue weighted by Crippen LogP contribution is -2.36. The zero-order chi connectivity index (χ0) is 12.3. The second kappa shape index (κ2) is 4.62. The van der Waals surface area contributed by atoms with Crippen molar-refractivity contribution < 1.29 is 13.2 Å². The van der Waals surface area contributed by atoms with Crippen molar-refractivity contribution in [3.05, 3.63) is 12.4 Å². The first-order valence-electron chi connectivity index (χ1n) is 4.53. The highest BCUT2D eigenvalue weighted by Crippen LogP contribution is 2.11. The van der Waals surface area contributed by atoms with Gasteiger partial charge in [-0.3, -0.25) is 9.48 Å². The molecule has 0 atom stereocenters. The number of rotatable bonds is 4. The largest absolute Gasteiger partial charge is 0.358 e. The van der Waals surface area contributed by atoms with Crippen LogP contribution in [0.2, 0.25) is 0 Å². The summed E-state index contributed by atoms with van der Waals surface area (Å²) in [5.41, 5.74) is 0. The van der Waals surface area contributed by atoms with Crippen LogP contribution in [0.1, 0.15) is 0 Å². The van der Waals surface area contributed by atoms with Gasteiger partial charge in [0.2, 0.25) is 15.9 Å². The molecule has 16 heavy (non-hydrogen) atoms. The molecule has 7 nitrogen and oxygen atoms in total. The summed E-state index contributed by atoms with van der Waals surface area (Å²) in [4.78, 5) is 11.1. The van der Waals surface area contributed by atoms with Crippen molar-refractivity contribution in [3.8, 4) is 0 Å². The molecule has 0 aliphatic rings. The molecule has 1 N–H and O–H groups in total. The van der Waals surface area contributed by atoms with Crippen molar-refractivity contribution in [1.29, 1.82) is 0 Å². The van der Waals surface area contributed by atoms with Crippen LogP contribution < -0.4 is 5.32 Å². The first-order valence-corrected chi connectivity index (χ1v) is 5.97. The van der Waals surface area contributed by atoms with Crippen LogP contribution in [0.15, 0.2) is 17.3 Å². The summed E-state index contributed by atoms with van der Waals surface area (Å²) in [5, 5.41) is 6.13. The summed E-state index contributed by atoms with van der Waals surface area (Å²) < 4.78 is 26.1. The summed E-state index contributed by atoms with van der Waals surface area (Å²) >= 11 is 0. The number of carbonyl (C=O) groups is 1. The Hall–Kier alpha value is -1.41. The number of carbonyl (C=O) groups excluding carboxylic acids is 1. The molecule has 0 fully saturated rings. The van der Waals surface area contributed by atoms with Gasteiger partial charge in [0.1, 0.15) is 4.90 Å². The van der Waals surface area contributed by atoms with Crippen molar-refractivity contribution in [1.82, 2.24) is 19.4 Å². The third-order valence-electron chi connectivity index (χ3n) is 2.03. The Balaban J connectivity index is 2.90. The fourth-order valence-electron chi connectivity index (χ4n) is 1.08. The number of nitrogens with one attached hydrogen (secondary N) is 1. The minimum atomic E-state index is -3.63. The molecule has 1 rings (SSSR count). The Labute approximate surface area is 94.1 Å². The molecule has 0 bridgehead atoms. The Morgan fingerprint density at radius 1 is 1.62 bits per heavy atom. The molecule has 8 heteroatoms. The van der Waals surface area contributed by atoms with Crippen molar-refractivity contribution >= 4 is 15.9 Å². The van der Waals surface area contributed by atoms with Crippen molar-refractivity contribution in [3.63, 3.8) is 0 Å². The van der Waals surface area contributed by atoms with E-state index in [-0.39, 0.29) is 17.3 Å². The van der Waals surface area contributed by atoms with Crippen LogP contribution in [-0.4, -0.2) is 49.1 Å². The maximum atomic E-state index is 11.9. The summed E-state index contributed by atoms with van der Waals surface area (Å²) in [6.45, 7) is -0.215. The normalized spacial score (nSPS) is 11.8. The van der Waals surface area contributed by atoms with E-state index >= 15 is 0 Å². The zero-order valence-electron chi connectivity index (χ0n) is 9.34. The molecule has 0 aliphatic carbocycles. The molecule has 0 saturated heterocycles. The Morgan fingerprint density at radius 3 is 2.69 bits per heavy atom. The van der Waals surface area contributed by atoms with E-state index in [9.17, 15) is 13.2 Å². The molecule has 0 aromatic carbocycles. The second-order valence-electron chi connectivity index (χ2n) is 3.28. The standard InChI is InChI=1S/C8H14N4O3S/c1-9-8(13)6-12(3)16(14,15)7-4-10-11(2)5-7/h4-5H,6H2,1-3H3,(H,9,13). The number of likely N-dealkylation sites (N-methyl/N-ethyl adjacent to an activating group) is 2. The van der Waals surface area contributed by atoms with E-state index in [2.05, 4.69) is 10.4 Å². The molecule has 0 saturated carbocycles. The van der Waals surface area contributed by atoms with Gasteiger partial charge in [-0.2, -0.15) is 9.40 Å². The average Bonchev–Trinajstić information content (AvgIpc) is 2.65. The maximum absolute atomic E-state index is 11.9. The molecule has 0 radical (unpaired) electrons. The molecular formula is C8H14N4O3S. The lowest BCUT2D eigenvalue weighted by atomic mass is 10.6. The second-order valence-corrected chi connectivity index (χ2v) is 5.33. The summed E-state index contributed by atoms with van der Waals surface area (Å²) in [6.07, 6.45) is 2.63. The zero-order valence-corrected chi connectivity index (χ0v) is 10.2.